The first-order valence-electron chi connectivity index (χ1n) is 8.74. The summed E-state index contributed by atoms with van der Waals surface area (Å²) in [7, 11) is 4.05. The molecular weight excluding hydrogens is 300 g/mol. The minimum absolute atomic E-state index is 0.350. The fraction of sp³-hybridized carbons (Fsp3) is 0.611. The summed E-state index contributed by atoms with van der Waals surface area (Å²) < 4.78 is 2.26. The van der Waals surface area contributed by atoms with E-state index >= 15 is 0 Å². The van der Waals surface area contributed by atoms with Gasteiger partial charge in [0.25, 0.3) is 0 Å². The molecule has 6 nitrogen and oxygen atoms in total. The van der Waals surface area contributed by atoms with Crippen molar-refractivity contribution in [2.75, 3.05) is 25.5 Å². The standard InChI is InChI=1S/C18H28N6/c1-13(2)24-10-8-19-18(24)12-23-9-6-7-16(23)15-11-17(22(4)5)21-14(3)20-15/h8,10-11,13,16H,6-7,9,12H2,1-5H3/t16-/m0/s1. The van der Waals surface area contributed by atoms with Gasteiger partial charge in [0.05, 0.1) is 18.3 Å². The lowest BCUT2D eigenvalue weighted by molar-refractivity contribution is 0.233. The maximum Gasteiger partial charge on any atom is 0.132 e. The Bertz CT molecular complexity index is 691. The van der Waals surface area contributed by atoms with E-state index in [0.29, 0.717) is 12.1 Å². The smallest absolute Gasteiger partial charge is 0.132 e. The average Bonchev–Trinajstić information content (AvgIpc) is 3.16. The fourth-order valence-corrected chi connectivity index (χ4v) is 3.44. The highest BCUT2D eigenvalue weighted by atomic mass is 15.2. The van der Waals surface area contributed by atoms with Gasteiger partial charge in [0, 0.05) is 38.6 Å². The SMILES string of the molecule is Cc1nc([C@@H]2CCCN2Cc2nccn2C(C)C)cc(N(C)C)n1. The summed E-state index contributed by atoms with van der Waals surface area (Å²) in [4.78, 5) is 18.4. The molecule has 0 unspecified atom stereocenters. The molecule has 2 aromatic rings. The molecule has 1 fully saturated rings. The normalized spacial score (nSPS) is 18.5. The fourth-order valence-electron chi connectivity index (χ4n) is 3.44. The van der Waals surface area contributed by atoms with Crippen LogP contribution >= 0.6 is 0 Å². The average molecular weight is 328 g/mol. The predicted molar refractivity (Wildman–Crippen MR) is 96.1 cm³/mol. The van der Waals surface area contributed by atoms with Gasteiger partial charge in [0.15, 0.2) is 0 Å². The molecule has 1 aliphatic heterocycles. The van der Waals surface area contributed by atoms with Crippen molar-refractivity contribution in [1.82, 2.24) is 24.4 Å². The highest BCUT2D eigenvalue weighted by Crippen LogP contribution is 2.33. The van der Waals surface area contributed by atoms with Gasteiger partial charge in [-0.1, -0.05) is 0 Å². The van der Waals surface area contributed by atoms with Gasteiger partial charge in [-0.3, -0.25) is 4.90 Å². The Labute approximate surface area is 144 Å². The van der Waals surface area contributed by atoms with Gasteiger partial charge in [-0.05, 0) is 40.2 Å². The first kappa shape index (κ1) is 16.9. The number of hydrogen-bond donors (Lipinski definition) is 0. The molecule has 0 aromatic carbocycles. The maximum atomic E-state index is 4.73. The Hall–Kier alpha value is -1.95. The summed E-state index contributed by atoms with van der Waals surface area (Å²) in [6, 6.07) is 2.91. The monoisotopic (exact) mass is 328 g/mol. The highest BCUT2D eigenvalue weighted by Gasteiger charge is 2.29. The van der Waals surface area contributed by atoms with Crippen LogP contribution in [-0.4, -0.2) is 45.1 Å². The van der Waals surface area contributed by atoms with Crippen LogP contribution in [0, 0.1) is 6.92 Å². The Kier molecular flexibility index (Phi) is 4.85. The quantitative estimate of drug-likeness (QED) is 0.844. The van der Waals surface area contributed by atoms with E-state index in [1.165, 1.54) is 6.42 Å². The number of anilines is 1. The molecule has 0 bridgehead atoms. The molecule has 1 atom stereocenters. The number of nitrogens with zero attached hydrogens (tertiary/aromatic N) is 6. The Balaban J connectivity index is 1.84. The third-order valence-corrected chi connectivity index (χ3v) is 4.66. The van der Waals surface area contributed by atoms with E-state index in [1.807, 2.05) is 32.1 Å². The van der Waals surface area contributed by atoms with Crippen molar-refractivity contribution in [3.05, 3.63) is 35.8 Å². The second kappa shape index (κ2) is 6.89. The van der Waals surface area contributed by atoms with E-state index in [1.54, 1.807) is 0 Å². The Morgan fingerprint density at radius 2 is 2.08 bits per heavy atom. The molecule has 3 heterocycles. The van der Waals surface area contributed by atoms with Crippen LogP contribution in [0.1, 0.15) is 56.1 Å². The van der Waals surface area contributed by atoms with Gasteiger partial charge in [0.2, 0.25) is 0 Å². The summed E-state index contributed by atoms with van der Waals surface area (Å²) in [6.45, 7) is 8.33. The van der Waals surface area contributed by atoms with Crippen molar-refractivity contribution in [2.24, 2.45) is 0 Å². The molecule has 0 aliphatic carbocycles. The minimum atomic E-state index is 0.350. The van der Waals surface area contributed by atoms with Crippen LogP contribution in [-0.2, 0) is 6.54 Å². The highest BCUT2D eigenvalue weighted by molar-refractivity contribution is 5.38. The molecule has 0 N–H and O–H groups in total. The van der Waals surface area contributed by atoms with Crippen LogP contribution in [0.2, 0.25) is 0 Å². The zero-order valence-electron chi connectivity index (χ0n) is 15.4. The van der Waals surface area contributed by atoms with E-state index in [-0.39, 0.29) is 0 Å². The second-order valence-corrected chi connectivity index (χ2v) is 7.07. The summed E-state index contributed by atoms with van der Waals surface area (Å²) in [5.41, 5.74) is 1.13. The second-order valence-electron chi connectivity index (χ2n) is 7.07. The molecule has 6 heteroatoms. The zero-order valence-corrected chi connectivity index (χ0v) is 15.4. The number of hydrogen-bond acceptors (Lipinski definition) is 5. The van der Waals surface area contributed by atoms with Gasteiger partial charge in [-0.25, -0.2) is 15.0 Å². The van der Waals surface area contributed by atoms with Gasteiger partial charge < -0.3 is 9.47 Å². The van der Waals surface area contributed by atoms with Crippen molar-refractivity contribution in [1.29, 1.82) is 0 Å². The van der Waals surface area contributed by atoms with Crippen LogP contribution in [0.25, 0.3) is 0 Å². The molecule has 0 spiro atoms. The third kappa shape index (κ3) is 3.43. The number of imidazole rings is 1. The van der Waals surface area contributed by atoms with Gasteiger partial charge in [-0.15, -0.1) is 0 Å². The number of aromatic nitrogens is 4. The molecule has 1 saturated heterocycles. The molecule has 130 valence electrons. The molecule has 0 saturated carbocycles. The summed E-state index contributed by atoms with van der Waals surface area (Å²) in [5.74, 6) is 2.95. The summed E-state index contributed by atoms with van der Waals surface area (Å²) in [5, 5.41) is 0. The molecule has 24 heavy (non-hydrogen) atoms. The number of rotatable bonds is 5. The van der Waals surface area contributed by atoms with E-state index in [2.05, 4.69) is 45.5 Å². The first-order valence-corrected chi connectivity index (χ1v) is 8.74. The van der Waals surface area contributed by atoms with E-state index in [4.69, 9.17) is 4.98 Å². The van der Waals surface area contributed by atoms with E-state index in [9.17, 15) is 0 Å². The van der Waals surface area contributed by atoms with Gasteiger partial charge in [0.1, 0.15) is 17.5 Å². The molecule has 2 aromatic heterocycles. The van der Waals surface area contributed by atoms with Crippen LogP contribution in [0.3, 0.4) is 0 Å². The van der Waals surface area contributed by atoms with Gasteiger partial charge >= 0.3 is 0 Å². The van der Waals surface area contributed by atoms with E-state index in [0.717, 1.165) is 42.7 Å². The number of aryl methyl sites for hydroxylation is 1. The molecule has 1 aliphatic rings. The molecule has 0 radical (unpaired) electrons. The largest absolute Gasteiger partial charge is 0.363 e. The predicted octanol–water partition coefficient (Wildman–Crippen LogP) is 2.97. The lowest BCUT2D eigenvalue weighted by Gasteiger charge is -2.25. The minimum Gasteiger partial charge on any atom is -0.363 e. The number of likely N-dealkylation sites (tertiary alicyclic amines) is 1. The van der Waals surface area contributed by atoms with E-state index < -0.39 is 0 Å². The topological polar surface area (TPSA) is 50.1 Å². The lowest BCUT2D eigenvalue weighted by atomic mass is 10.1. The third-order valence-electron chi connectivity index (χ3n) is 4.66. The lowest BCUT2D eigenvalue weighted by Crippen LogP contribution is -2.26. The van der Waals surface area contributed by atoms with Crippen LogP contribution < -0.4 is 4.90 Å². The zero-order chi connectivity index (χ0) is 17.3. The molecular formula is C18H28N6. The van der Waals surface area contributed by atoms with Crippen LogP contribution in [0.4, 0.5) is 5.82 Å². The van der Waals surface area contributed by atoms with Crippen molar-refractivity contribution >= 4 is 5.82 Å². The summed E-state index contributed by atoms with van der Waals surface area (Å²) in [6.07, 6.45) is 6.32. The molecule has 3 rings (SSSR count). The van der Waals surface area contributed by atoms with Crippen molar-refractivity contribution in [2.45, 2.75) is 52.2 Å². The summed E-state index contributed by atoms with van der Waals surface area (Å²) >= 11 is 0. The van der Waals surface area contributed by atoms with Crippen LogP contribution in [0.5, 0.6) is 0 Å². The van der Waals surface area contributed by atoms with Crippen molar-refractivity contribution in [3.8, 4) is 0 Å². The van der Waals surface area contributed by atoms with Gasteiger partial charge in [-0.2, -0.15) is 0 Å². The Morgan fingerprint density at radius 3 is 2.79 bits per heavy atom. The van der Waals surface area contributed by atoms with Crippen molar-refractivity contribution < 1.29 is 0 Å². The Morgan fingerprint density at radius 1 is 1.29 bits per heavy atom. The van der Waals surface area contributed by atoms with Crippen molar-refractivity contribution in [3.63, 3.8) is 0 Å². The molecule has 0 amide bonds. The maximum absolute atomic E-state index is 4.73. The van der Waals surface area contributed by atoms with Crippen LogP contribution in [0.15, 0.2) is 18.5 Å². The first-order chi connectivity index (χ1) is 11.5.